The zero-order chi connectivity index (χ0) is 13.8. The highest BCUT2D eigenvalue weighted by Crippen LogP contribution is 2.17. The number of sulfonamides is 1. The fraction of sp³-hybridized carbons (Fsp3) is 0.364. The summed E-state index contributed by atoms with van der Waals surface area (Å²) >= 11 is 0. The van der Waals surface area contributed by atoms with Crippen molar-refractivity contribution in [2.24, 2.45) is 0 Å². The number of halogens is 2. The van der Waals surface area contributed by atoms with Crippen LogP contribution in [-0.4, -0.2) is 39.9 Å². The molecule has 1 N–H and O–H groups in total. The predicted molar refractivity (Wildman–Crippen MR) is 72.1 cm³/mol. The largest absolute Gasteiger partial charge is 0.318 e. The molecular weight excluding hydrogens is 293 g/mol. The molecule has 0 aromatic heterocycles. The van der Waals surface area contributed by atoms with Crippen molar-refractivity contribution in [3.63, 3.8) is 0 Å². The van der Waals surface area contributed by atoms with E-state index < -0.39 is 15.8 Å². The predicted octanol–water partition coefficient (Wildman–Crippen LogP) is 0.959. The fourth-order valence-electron chi connectivity index (χ4n) is 1.32. The molecule has 0 amide bonds. The average molecular weight is 308 g/mol. The van der Waals surface area contributed by atoms with Gasteiger partial charge in [-0.05, 0) is 25.2 Å². The van der Waals surface area contributed by atoms with Gasteiger partial charge in [0, 0.05) is 20.1 Å². The van der Waals surface area contributed by atoms with Gasteiger partial charge in [0.05, 0.1) is 10.5 Å². The summed E-state index contributed by atoms with van der Waals surface area (Å²) in [5.74, 6) is -0.727. The molecule has 0 spiro atoms. The molecule has 0 atom stereocenters. The van der Waals surface area contributed by atoms with Crippen LogP contribution in [0.2, 0.25) is 0 Å². The zero-order valence-corrected chi connectivity index (χ0v) is 12.2. The minimum absolute atomic E-state index is 0. The van der Waals surface area contributed by atoms with Gasteiger partial charge in [0.2, 0.25) is 10.0 Å². The Morgan fingerprint density at radius 1 is 1.47 bits per heavy atom. The van der Waals surface area contributed by atoms with Gasteiger partial charge >= 0.3 is 0 Å². The second-order valence-electron chi connectivity index (χ2n) is 3.68. The van der Waals surface area contributed by atoms with Gasteiger partial charge in [-0.2, -0.15) is 9.57 Å². The van der Waals surface area contributed by atoms with E-state index in [0.29, 0.717) is 6.54 Å². The van der Waals surface area contributed by atoms with E-state index in [1.165, 1.54) is 7.05 Å². The lowest BCUT2D eigenvalue weighted by atomic mass is 10.2. The maximum atomic E-state index is 13.1. The topological polar surface area (TPSA) is 73.2 Å². The molecule has 0 radical (unpaired) electrons. The van der Waals surface area contributed by atoms with E-state index >= 15 is 0 Å². The van der Waals surface area contributed by atoms with Crippen LogP contribution in [0.3, 0.4) is 0 Å². The number of likely N-dealkylation sites (N-methyl/N-ethyl adjacent to an activating group) is 2. The Morgan fingerprint density at radius 2 is 2.11 bits per heavy atom. The Balaban J connectivity index is 0.00000324. The van der Waals surface area contributed by atoms with Gasteiger partial charge in [0.15, 0.2) is 0 Å². The smallest absolute Gasteiger partial charge is 0.242 e. The average Bonchev–Trinajstić information content (AvgIpc) is 2.36. The lowest BCUT2D eigenvalue weighted by Gasteiger charge is -2.17. The highest BCUT2D eigenvalue weighted by Gasteiger charge is 2.21. The van der Waals surface area contributed by atoms with E-state index in [1.807, 2.05) is 0 Å². The molecule has 0 heterocycles. The van der Waals surface area contributed by atoms with E-state index in [0.717, 1.165) is 22.5 Å². The summed E-state index contributed by atoms with van der Waals surface area (Å²) in [7, 11) is -0.538. The van der Waals surface area contributed by atoms with Crippen molar-refractivity contribution in [2.75, 3.05) is 27.2 Å². The third-order valence-corrected chi connectivity index (χ3v) is 4.30. The van der Waals surface area contributed by atoms with Crippen LogP contribution >= 0.6 is 12.4 Å². The summed E-state index contributed by atoms with van der Waals surface area (Å²) in [6.45, 7) is 0.792. The first-order valence-electron chi connectivity index (χ1n) is 5.24. The Labute approximate surface area is 118 Å². The number of nitriles is 1. The van der Waals surface area contributed by atoms with Gasteiger partial charge in [-0.3, -0.25) is 0 Å². The third-order valence-electron chi connectivity index (χ3n) is 2.44. The molecule has 1 rings (SSSR count). The van der Waals surface area contributed by atoms with E-state index in [1.54, 1.807) is 13.1 Å². The molecule has 0 aliphatic rings. The molecule has 0 bridgehead atoms. The normalized spacial score (nSPS) is 10.9. The van der Waals surface area contributed by atoms with Crippen LogP contribution in [0, 0.1) is 17.1 Å². The summed E-state index contributed by atoms with van der Waals surface area (Å²) in [5, 5.41) is 11.5. The van der Waals surface area contributed by atoms with E-state index in [4.69, 9.17) is 5.26 Å². The first-order valence-corrected chi connectivity index (χ1v) is 6.68. The Bertz CT molecular complexity index is 572. The standard InChI is InChI=1S/C11H14FN3O2S.ClH/c1-14-5-6-15(2)18(16,17)10-3-4-11(12)9(7-10)8-13;/h3-4,7,14H,5-6H2,1-2H3;1H. The number of nitrogens with one attached hydrogen (secondary N) is 1. The lowest BCUT2D eigenvalue weighted by Crippen LogP contribution is -2.32. The maximum absolute atomic E-state index is 13.1. The van der Waals surface area contributed by atoms with Crippen LogP contribution in [0.1, 0.15) is 5.56 Å². The number of hydrogen-bond donors (Lipinski definition) is 1. The summed E-state index contributed by atoms with van der Waals surface area (Å²) in [6, 6.07) is 4.80. The Kier molecular flexibility index (Phi) is 6.94. The minimum Gasteiger partial charge on any atom is -0.318 e. The summed E-state index contributed by atoms with van der Waals surface area (Å²) in [6.07, 6.45) is 0. The molecule has 19 heavy (non-hydrogen) atoms. The van der Waals surface area contributed by atoms with Crippen LogP contribution in [0.5, 0.6) is 0 Å². The van der Waals surface area contributed by atoms with Gasteiger partial charge in [-0.1, -0.05) is 0 Å². The molecule has 0 saturated carbocycles. The molecule has 0 aliphatic carbocycles. The third kappa shape index (κ3) is 4.14. The SMILES string of the molecule is CNCCN(C)S(=O)(=O)c1ccc(F)c(C#N)c1.Cl. The van der Waals surface area contributed by atoms with Crippen LogP contribution < -0.4 is 5.32 Å². The van der Waals surface area contributed by atoms with Crippen LogP contribution in [-0.2, 0) is 10.0 Å². The number of hydrogen-bond acceptors (Lipinski definition) is 4. The summed E-state index contributed by atoms with van der Waals surface area (Å²) < 4.78 is 38.4. The van der Waals surface area contributed by atoms with Crippen molar-refractivity contribution in [1.29, 1.82) is 5.26 Å². The molecule has 0 saturated heterocycles. The molecule has 1 aromatic carbocycles. The molecule has 0 fully saturated rings. The molecule has 106 valence electrons. The molecule has 1 aromatic rings. The highest BCUT2D eigenvalue weighted by atomic mass is 35.5. The van der Waals surface area contributed by atoms with Gasteiger partial charge in [0.1, 0.15) is 11.9 Å². The van der Waals surface area contributed by atoms with Crippen LogP contribution in [0.25, 0.3) is 0 Å². The molecular formula is C11H15ClFN3O2S. The fourth-order valence-corrected chi connectivity index (χ4v) is 2.52. The molecule has 8 heteroatoms. The number of benzene rings is 1. The van der Waals surface area contributed by atoms with Crippen molar-refractivity contribution in [3.8, 4) is 6.07 Å². The van der Waals surface area contributed by atoms with Crippen molar-refractivity contribution in [3.05, 3.63) is 29.6 Å². The Morgan fingerprint density at radius 3 is 2.63 bits per heavy atom. The molecule has 0 unspecified atom stereocenters. The first-order chi connectivity index (χ1) is 8.43. The van der Waals surface area contributed by atoms with E-state index in [-0.39, 0.29) is 29.4 Å². The van der Waals surface area contributed by atoms with Crippen molar-refractivity contribution < 1.29 is 12.8 Å². The van der Waals surface area contributed by atoms with Gasteiger partial charge in [0.25, 0.3) is 0 Å². The second-order valence-corrected chi connectivity index (χ2v) is 5.73. The van der Waals surface area contributed by atoms with Crippen LogP contribution in [0.4, 0.5) is 4.39 Å². The Hall–Kier alpha value is -1.20. The number of rotatable bonds is 5. The first kappa shape index (κ1) is 17.8. The van der Waals surface area contributed by atoms with Crippen molar-refractivity contribution in [2.45, 2.75) is 4.90 Å². The van der Waals surface area contributed by atoms with Gasteiger partial charge in [-0.25, -0.2) is 12.8 Å². The zero-order valence-electron chi connectivity index (χ0n) is 10.6. The summed E-state index contributed by atoms with van der Waals surface area (Å²) in [5.41, 5.74) is -0.280. The van der Waals surface area contributed by atoms with Gasteiger partial charge < -0.3 is 5.32 Å². The van der Waals surface area contributed by atoms with Crippen molar-refractivity contribution in [1.82, 2.24) is 9.62 Å². The van der Waals surface area contributed by atoms with Gasteiger partial charge in [-0.15, -0.1) is 12.4 Å². The molecule has 0 aliphatic heterocycles. The number of nitrogens with zero attached hydrogens (tertiary/aromatic N) is 2. The highest BCUT2D eigenvalue weighted by molar-refractivity contribution is 7.89. The second kappa shape index (κ2) is 7.40. The van der Waals surface area contributed by atoms with E-state index in [9.17, 15) is 12.8 Å². The minimum atomic E-state index is -3.69. The summed E-state index contributed by atoms with van der Waals surface area (Å²) in [4.78, 5) is -0.0842. The quantitative estimate of drug-likeness (QED) is 0.879. The van der Waals surface area contributed by atoms with Crippen LogP contribution in [0.15, 0.2) is 23.1 Å². The lowest BCUT2D eigenvalue weighted by molar-refractivity contribution is 0.466. The molecule has 5 nitrogen and oxygen atoms in total. The monoisotopic (exact) mass is 307 g/mol. The van der Waals surface area contributed by atoms with E-state index in [2.05, 4.69) is 5.32 Å². The maximum Gasteiger partial charge on any atom is 0.242 e. The van der Waals surface area contributed by atoms with Crippen molar-refractivity contribution >= 4 is 22.4 Å².